The van der Waals surface area contributed by atoms with Crippen molar-refractivity contribution in [2.45, 2.75) is 60.2 Å². The number of aryl methyl sites for hydroxylation is 3. The van der Waals surface area contributed by atoms with Gasteiger partial charge in [0, 0.05) is 28.9 Å². The first-order chi connectivity index (χ1) is 15.3. The van der Waals surface area contributed by atoms with E-state index >= 15 is 0 Å². The van der Waals surface area contributed by atoms with Crippen LogP contribution in [0.1, 0.15) is 42.5 Å². The van der Waals surface area contributed by atoms with Crippen LogP contribution in [0.25, 0.3) is 21.8 Å². The van der Waals surface area contributed by atoms with Gasteiger partial charge in [-0.3, -0.25) is 9.59 Å². The second kappa shape index (κ2) is 8.61. The predicted molar refractivity (Wildman–Crippen MR) is 129 cm³/mol. The van der Waals surface area contributed by atoms with Crippen LogP contribution in [0.5, 0.6) is 0 Å². The first-order valence-electron chi connectivity index (χ1n) is 11.1. The van der Waals surface area contributed by atoms with Gasteiger partial charge in [-0.2, -0.15) is 5.10 Å². The van der Waals surface area contributed by atoms with Crippen LogP contribution >= 0.6 is 0 Å². The normalized spacial score (nSPS) is 12.4. The molecule has 1 N–H and O–H groups in total. The van der Waals surface area contributed by atoms with Crippen LogP contribution in [-0.4, -0.2) is 26.3 Å². The van der Waals surface area contributed by atoms with Crippen molar-refractivity contribution in [2.75, 3.05) is 0 Å². The van der Waals surface area contributed by atoms with Gasteiger partial charge in [-0.15, -0.1) is 0 Å². The summed E-state index contributed by atoms with van der Waals surface area (Å²) in [6.45, 7) is 10.8. The molecule has 6 nitrogen and oxygen atoms in total. The number of hydrogen-bond acceptors (Lipinski definition) is 3. The number of rotatable bonds is 6. The Morgan fingerprint density at radius 2 is 1.78 bits per heavy atom. The fourth-order valence-electron chi connectivity index (χ4n) is 4.45. The molecule has 0 radical (unpaired) electrons. The van der Waals surface area contributed by atoms with E-state index in [4.69, 9.17) is 0 Å². The summed E-state index contributed by atoms with van der Waals surface area (Å²) >= 11 is 0. The average Bonchev–Trinajstić information content (AvgIpc) is 3.06. The Kier molecular flexibility index (Phi) is 5.87. The SMILES string of the molecule is CC[C@@H](C)NC(=O)Cn1ncc2c3ccccc3n(Cc3c(C)cc(C)cc3C)c2c1=O. The van der Waals surface area contributed by atoms with E-state index in [1.165, 1.54) is 26.9 Å². The highest BCUT2D eigenvalue weighted by Gasteiger charge is 2.18. The fourth-order valence-corrected chi connectivity index (χ4v) is 4.45. The van der Waals surface area contributed by atoms with Crippen LogP contribution in [0, 0.1) is 20.8 Å². The second-order valence-electron chi connectivity index (χ2n) is 8.73. The Morgan fingerprint density at radius 3 is 2.47 bits per heavy atom. The first kappa shape index (κ1) is 21.8. The molecule has 4 rings (SSSR count). The molecule has 0 bridgehead atoms. The number of amides is 1. The van der Waals surface area contributed by atoms with Crippen molar-refractivity contribution >= 4 is 27.7 Å². The lowest BCUT2D eigenvalue weighted by atomic mass is 10.00. The highest BCUT2D eigenvalue weighted by atomic mass is 16.2. The van der Waals surface area contributed by atoms with Crippen LogP contribution in [0.3, 0.4) is 0 Å². The summed E-state index contributed by atoms with van der Waals surface area (Å²) in [4.78, 5) is 25.9. The number of fused-ring (bicyclic) bond motifs is 3. The standard InChI is InChI=1S/C26H30N4O2/c1-6-19(5)28-24(31)15-30-26(32)25-21(13-27-30)20-9-7-8-10-23(20)29(25)14-22-17(3)11-16(2)12-18(22)4/h7-13,19H,6,14-15H2,1-5H3,(H,28,31)/t19-/m1/s1. The zero-order chi connectivity index (χ0) is 23.0. The van der Waals surface area contributed by atoms with Crippen molar-refractivity contribution < 1.29 is 4.79 Å². The molecule has 6 heteroatoms. The minimum Gasteiger partial charge on any atom is -0.352 e. The maximum Gasteiger partial charge on any atom is 0.291 e. The zero-order valence-electron chi connectivity index (χ0n) is 19.4. The maximum absolute atomic E-state index is 13.5. The van der Waals surface area contributed by atoms with Gasteiger partial charge >= 0.3 is 0 Å². The number of aromatic nitrogens is 3. The van der Waals surface area contributed by atoms with Gasteiger partial charge in [0.2, 0.25) is 5.91 Å². The number of hydrogen-bond donors (Lipinski definition) is 1. The lowest BCUT2D eigenvalue weighted by Gasteiger charge is -2.15. The summed E-state index contributed by atoms with van der Waals surface area (Å²) < 4.78 is 3.34. The lowest BCUT2D eigenvalue weighted by Crippen LogP contribution is -2.38. The van der Waals surface area contributed by atoms with Crippen LogP contribution in [0.2, 0.25) is 0 Å². The summed E-state index contributed by atoms with van der Waals surface area (Å²) in [7, 11) is 0. The van der Waals surface area contributed by atoms with Crippen molar-refractivity contribution in [2.24, 2.45) is 0 Å². The Bertz CT molecular complexity index is 1360. The molecule has 0 aliphatic rings. The minimum atomic E-state index is -0.250. The van der Waals surface area contributed by atoms with Crippen molar-refractivity contribution in [1.29, 1.82) is 0 Å². The van der Waals surface area contributed by atoms with E-state index in [1.807, 2.05) is 38.1 Å². The molecule has 4 aromatic rings. The van der Waals surface area contributed by atoms with Crippen LogP contribution < -0.4 is 10.9 Å². The number of para-hydroxylation sites is 1. The summed E-state index contributed by atoms with van der Waals surface area (Å²) in [6, 6.07) is 12.4. The largest absolute Gasteiger partial charge is 0.352 e. The molecule has 2 aromatic carbocycles. The maximum atomic E-state index is 13.5. The quantitative estimate of drug-likeness (QED) is 0.497. The molecule has 0 fully saturated rings. The van der Waals surface area contributed by atoms with Gasteiger partial charge in [0.05, 0.1) is 6.20 Å². The van der Waals surface area contributed by atoms with Gasteiger partial charge in [-0.05, 0) is 56.9 Å². The van der Waals surface area contributed by atoms with E-state index in [0.717, 1.165) is 22.7 Å². The van der Waals surface area contributed by atoms with Gasteiger partial charge in [0.1, 0.15) is 12.1 Å². The summed E-state index contributed by atoms with van der Waals surface area (Å²) in [5.74, 6) is -0.207. The molecule has 0 saturated carbocycles. The minimum absolute atomic E-state index is 0.0564. The highest BCUT2D eigenvalue weighted by Crippen LogP contribution is 2.28. The molecule has 0 aliphatic carbocycles. The third kappa shape index (κ3) is 3.93. The molecule has 166 valence electrons. The number of nitrogens with zero attached hydrogens (tertiary/aromatic N) is 3. The summed E-state index contributed by atoms with van der Waals surface area (Å²) in [5.41, 5.74) is 6.16. The third-order valence-electron chi connectivity index (χ3n) is 6.24. The monoisotopic (exact) mass is 430 g/mol. The van der Waals surface area contributed by atoms with Crippen LogP contribution in [0.4, 0.5) is 0 Å². The van der Waals surface area contributed by atoms with Crippen molar-refractivity contribution in [3.05, 3.63) is 75.2 Å². The highest BCUT2D eigenvalue weighted by molar-refractivity contribution is 6.07. The molecule has 0 saturated heterocycles. The van der Waals surface area contributed by atoms with E-state index in [2.05, 4.69) is 47.9 Å². The van der Waals surface area contributed by atoms with Gasteiger partial charge in [0.25, 0.3) is 5.56 Å². The summed E-state index contributed by atoms with van der Waals surface area (Å²) in [6.07, 6.45) is 2.54. The van der Waals surface area contributed by atoms with Crippen molar-refractivity contribution in [3.63, 3.8) is 0 Å². The second-order valence-corrected chi connectivity index (χ2v) is 8.73. The van der Waals surface area contributed by atoms with Crippen molar-refractivity contribution in [1.82, 2.24) is 19.7 Å². The molecule has 2 heterocycles. The molecular weight excluding hydrogens is 400 g/mol. The number of nitrogens with one attached hydrogen (secondary N) is 1. The molecule has 32 heavy (non-hydrogen) atoms. The van der Waals surface area contributed by atoms with E-state index in [9.17, 15) is 9.59 Å². The first-order valence-corrected chi connectivity index (χ1v) is 11.1. The molecule has 0 spiro atoms. The molecule has 2 aromatic heterocycles. The van der Waals surface area contributed by atoms with Crippen LogP contribution in [-0.2, 0) is 17.9 Å². The molecule has 1 amide bonds. The Hall–Kier alpha value is -3.41. The van der Waals surface area contributed by atoms with Gasteiger partial charge in [-0.1, -0.05) is 42.8 Å². The summed E-state index contributed by atoms with van der Waals surface area (Å²) in [5, 5.41) is 9.04. The van der Waals surface area contributed by atoms with Crippen molar-refractivity contribution in [3.8, 4) is 0 Å². The average molecular weight is 431 g/mol. The zero-order valence-corrected chi connectivity index (χ0v) is 19.4. The molecule has 0 unspecified atom stereocenters. The number of carbonyl (C=O) groups is 1. The van der Waals surface area contributed by atoms with Gasteiger partial charge in [-0.25, -0.2) is 4.68 Å². The van der Waals surface area contributed by atoms with E-state index in [1.54, 1.807) is 6.20 Å². The lowest BCUT2D eigenvalue weighted by molar-refractivity contribution is -0.122. The smallest absolute Gasteiger partial charge is 0.291 e. The van der Waals surface area contributed by atoms with Crippen LogP contribution in [0.15, 0.2) is 47.4 Å². The predicted octanol–water partition coefficient (Wildman–Crippen LogP) is 4.24. The van der Waals surface area contributed by atoms with Gasteiger partial charge in [0.15, 0.2) is 0 Å². The Morgan fingerprint density at radius 1 is 1.09 bits per heavy atom. The van der Waals surface area contributed by atoms with E-state index in [0.29, 0.717) is 12.1 Å². The fraction of sp³-hybridized carbons (Fsp3) is 0.346. The Balaban J connectivity index is 1.87. The molecule has 0 aliphatic heterocycles. The Labute approximate surface area is 187 Å². The number of benzene rings is 2. The van der Waals surface area contributed by atoms with E-state index in [-0.39, 0.29) is 24.1 Å². The number of carbonyl (C=O) groups excluding carboxylic acids is 1. The molecule has 1 atom stereocenters. The van der Waals surface area contributed by atoms with Gasteiger partial charge < -0.3 is 9.88 Å². The van der Waals surface area contributed by atoms with E-state index < -0.39 is 0 Å². The molecular formula is C26H30N4O2. The third-order valence-corrected chi connectivity index (χ3v) is 6.24. The topological polar surface area (TPSA) is 68.9 Å².